The van der Waals surface area contributed by atoms with Gasteiger partial charge in [-0.1, -0.05) is 142 Å². The van der Waals surface area contributed by atoms with Crippen LogP contribution in [-0.2, 0) is 18.4 Å². The van der Waals surface area contributed by atoms with E-state index in [1.54, 1.807) is 6.08 Å². The average molecular weight is 648 g/mol. The van der Waals surface area contributed by atoms with Gasteiger partial charge in [-0.15, -0.1) is 0 Å². The van der Waals surface area contributed by atoms with Crippen LogP contribution in [0, 0.1) is 0 Å². The van der Waals surface area contributed by atoms with Crippen LogP contribution < -0.4 is 5.32 Å². The van der Waals surface area contributed by atoms with Gasteiger partial charge < -0.3 is 19.8 Å². The summed E-state index contributed by atoms with van der Waals surface area (Å²) in [5, 5.41) is 13.7. The minimum atomic E-state index is -4.31. The second-order valence-electron chi connectivity index (χ2n) is 13.6. The molecule has 0 saturated carbocycles. The van der Waals surface area contributed by atoms with E-state index in [0.29, 0.717) is 17.4 Å². The van der Waals surface area contributed by atoms with Crippen molar-refractivity contribution >= 4 is 13.7 Å². The molecule has 3 N–H and O–H groups in total. The Balaban J connectivity index is 4.50. The van der Waals surface area contributed by atoms with E-state index < -0.39 is 20.0 Å². The maximum absolute atomic E-state index is 12.6. The number of amides is 1. The van der Waals surface area contributed by atoms with Gasteiger partial charge in [0, 0.05) is 6.42 Å². The summed E-state index contributed by atoms with van der Waals surface area (Å²) in [6.07, 6.45) is 28.5. The summed E-state index contributed by atoms with van der Waals surface area (Å²) in [4.78, 5) is 22.8. The van der Waals surface area contributed by atoms with E-state index >= 15 is 0 Å². The fourth-order valence-corrected chi connectivity index (χ4v) is 5.77. The first-order chi connectivity index (χ1) is 21.0. The van der Waals surface area contributed by atoms with Crippen molar-refractivity contribution in [2.24, 2.45) is 0 Å². The maximum Gasteiger partial charge on any atom is 0.472 e. The smallest absolute Gasteiger partial charge is 0.387 e. The Labute approximate surface area is 272 Å². The van der Waals surface area contributed by atoms with Crippen LogP contribution in [0.25, 0.3) is 0 Å². The van der Waals surface area contributed by atoms with Gasteiger partial charge in [-0.2, -0.15) is 0 Å². The minimum absolute atomic E-state index is 0.0636. The van der Waals surface area contributed by atoms with Gasteiger partial charge in [0.2, 0.25) is 5.91 Å². The number of aliphatic hydroxyl groups is 1. The first-order valence-electron chi connectivity index (χ1n) is 18.1. The van der Waals surface area contributed by atoms with Gasteiger partial charge in [0.25, 0.3) is 0 Å². The number of nitrogens with one attached hydrogen (secondary N) is 1. The standard InChI is InChI=1S/C35H71N2O6P/c1-6-8-10-12-14-15-16-17-18-19-20-21-23-24-26-28-34(38)33(32-43-44(40,41)42-31-30-37(3,4)5)36-35(39)29-27-25-22-13-11-9-7-2/h26,28,33-34,38H,6-25,27,29-32H2,1-5H3,(H-,36,39,40,41)/p+1/b28-26+. The summed E-state index contributed by atoms with van der Waals surface area (Å²) in [6.45, 7) is 4.74. The number of carbonyl (C=O) groups is 1. The van der Waals surface area contributed by atoms with Crippen LogP contribution in [0.2, 0.25) is 0 Å². The largest absolute Gasteiger partial charge is 0.472 e. The molecule has 44 heavy (non-hydrogen) atoms. The molecule has 0 spiro atoms. The van der Waals surface area contributed by atoms with Gasteiger partial charge >= 0.3 is 7.82 Å². The number of rotatable bonds is 32. The number of phosphoric ester groups is 1. The molecule has 0 rings (SSSR count). The van der Waals surface area contributed by atoms with E-state index in [4.69, 9.17) is 9.05 Å². The molecule has 3 atom stereocenters. The lowest BCUT2D eigenvalue weighted by atomic mass is 10.0. The van der Waals surface area contributed by atoms with Crippen molar-refractivity contribution < 1.29 is 32.9 Å². The van der Waals surface area contributed by atoms with Crippen molar-refractivity contribution in [2.75, 3.05) is 40.9 Å². The highest BCUT2D eigenvalue weighted by molar-refractivity contribution is 7.47. The maximum atomic E-state index is 12.6. The zero-order valence-corrected chi connectivity index (χ0v) is 30.3. The molecule has 1 amide bonds. The quantitative estimate of drug-likeness (QED) is 0.0292. The molecule has 262 valence electrons. The average Bonchev–Trinajstić information content (AvgIpc) is 2.95. The van der Waals surface area contributed by atoms with Crippen LogP contribution in [0.4, 0.5) is 0 Å². The number of hydrogen-bond donors (Lipinski definition) is 3. The number of aliphatic hydroxyl groups excluding tert-OH is 1. The van der Waals surface area contributed by atoms with Crippen molar-refractivity contribution in [3.63, 3.8) is 0 Å². The lowest BCUT2D eigenvalue weighted by molar-refractivity contribution is -0.870. The molecular formula is C35H72N2O6P+. The Hall–Kier alpha value is -0.760. The number of nitrogens with zero attached hydrogens (tertiary/aromatic N) is 1. The first kappa shape index (κ1) is 43.2. The molecule has 0 radical (unpaired) electrons. The number of hydrogen-bond acceptors (Lipinski definition) is 5. The highest BCUT2D eigenvalue weighted by Crippen LogP contribution is 2.43. The molecule has 0 saturated heterocycles. The second kappa shape index (κ2) is 28.5. The third-order valence-electron chi connectivity index (χ3n) is 8.01. The van der Waals surface area contributed by atoms with E-state index in [1.165, 1.54) is 96.3 Å². The number of carbonyl (C=O) groups excluding carboxylic acids is 1. The van der Waals surface area contributed by atoms with E-state index in [1.807, 2.05) is 27.2 Å². The van der Waals surface area contributed by atoms with Gasteiger partial charge in [-0.3, -0.25) is 13.8 Å². The summed E-state index contributed by atoms with van der Waals surface area (Å²) in [5.74, 6) is -0.185. The lowest BCUT2D eigenvalue weighted by Gasteiger charge is -2.25. The number of allylic oxidation sites excluding steroid dienone is 1. The molecule has 0 aliphatic carbocycles. The summed E-state index contributed by atoms with van der Waals surface area (Å²) in [7, 11) is 1.57. The molecule has 0 aliphatic rings. The molecule has 0 bridgehead atoms. The molecular weight excluding hydrogens is 575 g/mol. The third kappa shape index (κ3) is 29.9. The van der Waals surface area contributed by atoms with Crippen molar-refractivity contribution in [1.82, 2.24) is 5.32 Å². The Morgan fingerprint density at radius 3 is 1.68 bits per heavy atom. The highest BCUT2D eigenvalue weighted by atomic mass is 31.2. The van der Waals surface area contributed by atoms with Crippen molar-refractivity contribution in [2.45, 2.75) is 167 Å². The fourth-order valence-electron chi connectivity index (χ4n) is 5.04. The molecule has 9 heteroatoms. The number of likely N-dealkylation sites (N-methyl/N-ethyl adjacent to an activating group) is 1. The van der Waals surface area contributed by atoms with Gasteiger partial charge in [0.05, 0.1) is 39.9 Å². The van der Waals surface area contributed by atoms with E-state index in [0.717, 1.165) is 38.5 Å². The molecule has 0 aliphatic heterocycles. The summed E-state index contributed by atoms with van der Waals surface area (Å²) in [5.41, 5.74) is 0. The lowest BCUT2D eigenvalue weighted by Crippen LogP contribution is -2.45. The van der Waals surface area contributed by atoms with Gasteiger partial charge in [0.1, 0.15) is 13.2 Å². The first-order valence-corrected chi connectivity index (χ1v) is 19.6. The molecule has 0 aromatic heterocycles. The molecule has 0 heterocycles. The van der Waals surface area contributed by atoms with Crippen LogP contribution >= 0.6 is 7.82 Å². The monoisotopic (exact) mass is 648 g/mol. The van der Waals surface area contributed by atoms with Gasteiger partial charge in [0.15, 0.2) is 0 Å². The Morgan fingerprint density at radius 1 is 0.750 bits per heavy atom. The summed E-state index contributed by atoms with van der Waals surface area (Å²) < 4.78 is 23.3. The van der Waals surface area contributed by atoms with Crippen LogP contribution in [-0.4, -0.2) is 73.4 Å². The number of unbranched alkanes of at least 4 members (excludes halogenated alkanes) is 19. The molecule has 0 aromatic carbocycles. The van der Waals surface area contributed by atoms with Crippen LogP contribution in [0.15, 0.2) is 12.2 Å². The molecule has 0 aromatic rings. The normalized spacial score (nSPS) is 15.0. The topological polar surface area (TPSA) is 105 Å². The fraction of sp³-hybridized carbons (Fsp3) is 0.914. The number of quaternary nitrogens is 1. The Morgan fingerprint density at radius 2 is 1.20 bits per heavy atom. The number of phosphoric acid groups is 1. The van der Waals surface area contributed by atoms with E-state index in [9.17, 15) is 19.4 Å². The highest BCUT2D eigenvalue weighted by Gasteiger charge is 2.27. The Kier molecular flexibility index (Phi) is 28.0. The minimum Gasteiger partial charge on any atom is -0.387 e. The summed E-state index contributed by atoms with van der Waals surface area (Å²) >= 11 is 0. The van der Waals surface area contributed by atoms with E-state index in [-0.39, 0.29) is 19.1 Å². The van der Waals surface area contributed by atoms with Crippen molar-refractivity contribution in [3.05, 3.63) is 12.2 Å². The summed E-state index contributed by atoms with van der Waals surface area (Å²) in [6, 6.07) is -0.836. The van der Waals surface area contributed by atoms with Crippen LogP contribution in [0.1, 0.15) is 155 Å². The van der Waals surface area contributed by atoms with Crippen LogP contribution in [0.5, 0.6) is 0 Å². The molecule has 3 unspecified atom stereocenters. The third-order valence-corrected chi connectivity index (χ3v) is 8.99. The zero-order chi connectivity index (χ0) is 32.9. The second-order valence-corrected chi connectivity index (χ2v) is 15.1. The van der Waals surface area contributed by atoms with Gasteiger partial charge in [-0.25, -0.2) is 4.57 Å². The van der Waals surface area contributed by atoms with Gasteiger partial charge in [-0.05, 0) is 19.3 Å². The van der Waals surface area contributed by atoms with E-state index in [2.05, 4.69) is 19.2 Å². The molecule has 0 fully saturated rings. The van der Waals surface area contributed by atoms with Crippen molar-refractivity contribution in [3.8, 4) is 0 Å². The predicted molar refractivity (Wildman–Crippen MR) is 185 cm³/mol. The van der Waals surface area contributed by atoms with Crippen LogP contribution in [0.3, 0.4) is 0 Å². The SMILES string of the molecule is CCCCCCCCCCCCCCC/C=C/C(O)C(COP(=O)(O)OCC[N+](C)(C)C)NC(=O)CCCCCCCCC. The molecule has 8 nitrogen and oxygen atoms in total. The predicted octanol–water partition coefficient (Wildman–Crippen LogP) is 8.85. The Bertz CT molecular complexity index is 743. The van der Waals surface area contributed by atoms with Crippen molar-refractivity contribution in [1.29, 1.82) is 0 Å². The zero-order valence-electron chi connectivity index (χ0n) is 29.4.